The van der Waals surface area contributed by atoms with Crippen LogP contribution < -0.4 is 15.4 Å². The van der Waals surface area contributed by atoms with Gasteiger partial charge in [-0.05, 0) is 36.0 Å². The lowest BCUT2D eigenvalue weighted by molar-refractivity contribution is -0.119. The van der Waals surface area contributed by atoms with Crippen LogP contribution in [0.3, 0.4) is 0 Å². The van der Waals surface area contributed by atoms with Gasteiger partial charge in [-0.25, -0.2) is 9.78 Å². The second kappa shape index (κ2) is 7.88. The van der Waals surface area contributed by atoms with E-state index in [1.165, 1.54) is 0 Å². The molecule has 7 nitrogen and oxygen atoms in total. The van der Waals surface area contributed by atoms with Gasteiger partial charge in [-0.15, -0.1) is 0 Å². The molecule has 3 heterocycles. The predicted octanol–water partition coefficient (Wildman–Crippen LogP) is 2.69. The Kier molecular flexibility index (Phi) is 5.14. The Morgan fingerprint density at radius 2 is 1.96 bits per heavy atom. The molecule has 0 bridgehead atoms. The van der Waals surface area contributed by atoms with Crippen LogP contribution in [0.15, 0.2) is 48.7 Å². The molecule has 2 fully saturated rings. The van der Waals surface area contributed by atoms with Crippen LogP contribution in [0, 0.1) is 5.41 Å². The minimum absolute atomic E-state index is 0.0480. The maximum absolute atomic E-state index is 12.4. The molecule has 0 unspecified atom stereocenters. The van der Waals surface area contributed by atoms with Gasteiger partial charge in [0.05, 0.1) is 0 Å². The Morgan fingerprint density at radius 3 is 2.61 bits per heavy atom. The molecule has 4 rings (SSSR count). The first-order valence-corrected chi connectivity index (χ1v) is 9.59. The van der Waals surface area contributed by atoms with E-state index in [0.29, 0.717) is 31.9 Å². The third-order valence-electron chi connectivity index (χ3n) is 5.51. The lowest BCUT2D eigenvalue weighted by atomic mass is 9.78. The van der Waals surface area contributed by atoms with E-state index in [-0.39, 0.29) is 17.4 Å². The van der Waals surface area contributed by atoms with Crippen molar-refractivity contribution in [2.45, 2.75) is 25.8 Å². The van der Waals surface area contributed by atoms with Crippen molar-refractivity contribution in [2.75, 3.05) is 19.6 Å². The molecule has 2 aliphatic heterocycles. The molecule has 28 heavy (non-hydrogen) atoms. The number of carbonyl (C=O) groups is 2. The van der Waals surface area contributed by atoms with E-state index in [0.717, 1.165) is 30.7 Å². The Morgan fingerprint density at radius 1 is 1.18 bits per heavy atom. The molecule has 1 spiro atoms. The summed E-state index contributed by atoms with van der Waals surface area (Å²) in [5, 5.41) is 5.86. The van der Waals surface area contributed by atoms with Gasteiger partial charge in [-0.2, -0.15) is 0 Å². The summed E-state index contributed by atoms with van der Waals surface area (Å²) in [4.78, 5) is 30.1. The zero-order valence-electron chi connectivity index (χ0n) is 15.7. The van der Waals surface area contributed by atoms with Crippen LogP contribution in [-0.4, -0.2) is 41.5 Å². The highest BCUT2D eigenvalue weighted by Gasteiger charge is 2.41. The van der Waals surface area contributed by atoms with Crippen molar-refractivity contribution in [1.82, 2.24) is 20.5 Å². The first-order valence-electron chi connectivity index (χ1n) is 9.59. The van der Waals surface area contributed by atoms with Gasteiger partial charge in [-0.1, -0.05) is 24.3 Å². The molecule has 1 aromatic heterocycles. The largest absolute Gasteiger partial charge is 0.439 e. The van der Waals surface area contributed by atoms with Gasteiger partial charge < -0.3 is 20.3 Å². The molecular weight excluding hydrogens is 356 g/mol. The number of pyridine rings is 1. The van der Waals surface area contributed by atoms with E-state index in [2.05, 4.69) is 15.6 Å². The number of aromatic nitrogens is 1. The monoisotopic (exact) mass is 380 g/mol. The summed E-state index contributed by atoms with van der Waals surface area (Å²) in [6.07, 6.45) is 4.03. The quantitative estimate of drug-likeness (QED) is 0.854. The molecule has 0 atom stereocenters. The van der Waals surface area contributed by atoms with Crippen LogP contribution in [0.1, 0.15) is 24.8 Å². The standard InChI is InChI=1S/C21H24N4O3/c26-18-12-21(15-24-18)8-10-25(11-9-21)20(27)23-14-16-6-7-19(22-13-16)28-17-4-2-1-3-5-17/h1-7,13H,8-12,14-15H2,(H,23,27)(H,24,26). The number of ether oxygens (including phenoxy) is 1. The molecule has 3 amide bonds. The highest BCUT2D eigenvalue weighted by Crippen LogP contribution is 2.37. The summed E-state index contributed by atoms with van der Waals surface area (Å²) in [6, 6.07) is 13.1. The van der Waals surface area contributed by atoms with Crippen LogP contribution in [-0.2, 0) is 11.3 Å². The number of likely N-dealkylation sites (tertiary alicyclic amines) is 1. The number of benzene rings is 1. The van der Waals surface area contributed by atoms with Gasteiger partial charge in [0.2, 0.25) is 11.8 Å². The molecule has 7 heteroatoms. The number of hydrogen-bond acceptors (Lipinski definition) is 4. The molecule has 2 aromatic rings. The highest BCUT2D eigenvalue weighted by molar-refractivity contribution is 5.79. The van der Waals surface area contributed by atoms with Crippen LogP contribution >= 0.6 is 0 Å². The second-order valence-electron chi connectivity index (χ2n) is 7.52. The number of nitrogens with one attached hydrogen (secondary N) is 2. The third kappa shape index (κ3) is 4.24. The summed E-state index contributed by atoms with van der Waals surface area (Å²) in [5.74, 6) is 1.38. The highest BCUT2D eigenvalue weighted by atomic mass is 16.5. The van der Waals surface area contributed by atoms with Gasteiger partial charge in [0, 0.05) is 44.9 Å². The van der Waals surface area contributed by atoms with E-state index >= 15 is 0 Å². The van der Waals surface area contributed by atoms with Crippen LogP contribution in [0.4, 0.5) is 4.79 Å². The minimum Gasteiger partial charge on any atom is -0.439 e. The molecule has 2 aliphatic rings. The summed E-state index contributed by atoms with van der Waals surface area (Å²) < 4.78 is 5.67. The Balaban J connectivity index is 1.24. The molecule has 2 saturated heterocycles. The van der Waals surface area contributed by atoms with Gasteiger partial charge in [0.1, 0.15) is 5.75 Å². The zero-order valence-corrected chi connectivity index (χ0v) is 15.7. The van der Waals surface area contributed by atoms with Gasteiger partial charge >= 0.3 is 6.03 Å². The molecular formula is C21H24N4O3. The van der Waals surface area contributed by atoms with Crippen molar-refractivity contribution in [3.63, 3.8) is 0 Å². The lowest BCUT2D eigenvalue weighted by Gasteiger charge is -2.38. The number of urea groups is 1. The summed E-state index contributed by atoms with van der Waals surface area (Å²) in [6.45, 7) is 2.52. The van der Waals surface area contributed by atoms with Crippen LogP contribution in [0.5, 0.6) is 11.6 Å². The van der Waals surface area contributed by atoms with E-state index in [4.69, 9.17) is 4.74 Å². The molecule has 0 radical (unpaired) electrons. The van der Waals surface area contributed by atoms with E-state index in [1.807, 2.05) is 41.3 Å². The smallest absolute Gasteiger partial charge is 0.317 e. The van der Waals surface area contributed by atoms with Crippen molar-refractivity contribution in [2.24, 2.45) is 5.41 Å². The van der Waals surface area contributed by atoms with E-state index < -0.39 is 0 Å². The number of rotatable bonds is 4. The number of hydrogen-bond donors (Lipinski definition) is 2. The van der Waals surface area contributed by atoms with Gasteiger partial charge in [0.15, 0.2) is 0 Å². The molecule has 0 aliphatic carbocycles. The fourth-order valence-electron chi connectivity index (χ4n) is 3.76. The summed E-state index contributed by atoms with van der Waals surface area (Å²) in [7, 11) is 0. The molecule has 1 aromatic carbocycles. The molecule has 0 saturated carbocycles. The summed E-state index contributed by atoms with van der Waals surface area (Å²) in [5.41, 5.74) is 0.958. The maximum atomic E-state index is 12.4. The van der Waals surface area contributed by atoms with Gasteiger partial charge in [0.25, 0.3) is 0 Å². The van der Waals surface area contributed by atoms with Crippen molar-refractivity contribution >= 4 is 11.9 Å². The first-order chi connectivity index (χ1) is 13.6. The Hall–Kier alpha value is -3.09. The predicted molar refractivity (Wildman–Crippen MR) is 104 cm³/mol. The topological polar surface area (TPSA) is 83.6 Å². The number of para-hydroxylation sites is 1. The first kappa shape index (κ1) is 18.3. The molecule has 146 valence electrons. The van der Waals surface area contributed by atoms with Crippen LogP contribution in [0.25, 0.3) is 0 Å². The number of carbonyl (C=O) groups excluding carboxylic acids is 2. The minimum atomic E-state index is -0.0725. The van der Waals surface area contributed by atoms with Crippen molar-refractivity contribution in [3.05, 3.63) is 54.2 Å². The fourth-order valence-corrected chi connectivity index (χ4v) is 3.76. The number of piperidine rings is 1. The summed E-state index contributed by atoms with van der Waals surface area (Å²) >= 11 is 0. The van der Waals surface area contributed by atoms with Crippen molar-refractivity contribution < 1.29 is 14.3 Å². The van der Waals surface area contributed by atoms with Crippen LogP contribution in [0.2, 0.25) is 0 Å². The fraction of sp³-hybridized carbons (Fsp3) is 0.381. The third-order valence-corrected chi connectivity index (χ3v) is 5.51. The average Bonchev–Trinajstić information content (AvgIpc) is 3.08. The van der Waals surface area contributed by atoms with E-state index in [9.17, 15) is 9.59 Å². The number of nitrogens with zero attached hydrogens (tertiary/aromatic N) is 2. The zero-order chi connectivity index (χ0) is 19.4. The molecule has 2 N–H and O–H groups in total. The normalized spacial score (nSPS) is 18.0. The SMILES string of the molecule is O=C1CC2(CCN(C(=O)NCc3ccc(Oc4ccccc4)nc3)CC2)CN1. The Labute approximate surface area is 164 Å². The maximum Gasteiger partial charge on any atom is 0.317 e. The number of amides is 3. The van der Waals surface area contributed by atoms with Crippen molar-refractivity contribution in [3.8, 4) is 11.6 Å². The second-order valence-corrected chi connectivity index (χ2v) is 7.52. The lowest BCUT2D eigenvalue weighted by Crippen LogP contribution is -2.47. The van der Waals surface area contributed by atoms with Gasteiger partial charge in [-0.3, -0.25) is 4.79 Å². The van der Waals surface area contributed by atoms with Crippen molar-refractivity contribution in [1.29, 1.82) is 0 Å². The Bertz CT molecular complexity index is 830. The average molecular weight is 380 g/mol. The van der Waals surface area contributed by atoms with E-state index in [1.54, 1.807) is 12.3 Å².